The fourth-order valence-corrected chi connectivity index (χ4v) is 11.4. The largest absolute Gasteiger partial charge is 0.497 e. The standard InChI is InChI=1S/C38H50N4O5S/c1-3-19-48(45,46)40-35(43)26-11-13-29-32(20-26)42-24-38(36(44)41-18-17-39-37(23-41)15-7-8-16-37)22-31(38)30-21-27(47-2)12-14-28(30)34(42)33(29)25-9-5-4-6-10-25/h11-14,20-21,25,31,33-34,39H,3-10,15-19,22-24H2,1-2H3,(H,40,43). The maximum absolute atomic E-state index is 15.0. The Bertz CT molecular complexity index is 1720. The van der Waals surface area contributed by atoms with Gasteiger partial charge in [-0.05, 0) is 85.4 Å². The Morgan fingerprint density at radius 3 is 2.50 bits per heavy atom. The van der Waals surface area contributed by atoms with Crippen LogP contribution >= 0.6 is 0 Å². The van der Waals surface area contributed by atoms with Crippen molar-refractivity contribution >= 4 is 27.5 Å². The molecule has 1 spiro atoms. The molecule has 1 saturated heterocycles. The summed E-state index contributed by atoms with van der Waals surface area (Å²) < 4.78 is 33.2. The predicted molar refractivity (Wildman–Crippen MR) is 186 cm³/mol. The van der Waals surface area contributed by atoms with Crippen LogP contribution < -0.4 is 19.7 Å². The molecule has 2 N–H and O–H groups in total. The van der Waals surface area contributed by atoms with Crippen LogP contribution in [0.4, 0.5) is 5.69 Å². The van der Waals surface area contributed by atoms with Crippen LogP contribution in [-0.4, -0.2) is 69.7 Å². The summed E-state index contributed by atoms with van der Waals surface area (Å²) >= 11 is 0. The minimum Gasteiger partial charge on any atom is -0.497 e. The molecule has 0 aromatic heterocycles. The molecular weight excluding hydrogens is 625 g/mol. The van der Waals surface area contributed by atoms with Gasteiger partial charge in [-0.1, -0.05) is 51.2 Å². The number of rotatable bonds is 7. The van der Waals surface area contributed by atoms with Crippen molar-refractivity contribution in [1.29, 1.82) is 0 Å². The summed E-state index contributed by atoms with van der Waals surface area (Å²) in [5.41, 5.74) is 4.51. The minimum atomic E-state index is -3.72. The average Bonchev–Trinajstić information content (AvgIpc) is 3.55. The van der Waals surface area contributed by atoms with Crippen LogP contribution in [0.3, 0.4) is 0 Å². The maximum atomic E-state index is 15.0. The number of methoxy groups -OCH3 is 1. The second kappa shape index (κ2) is 12.0. The van der Waals surface area contributed by atoms with Gasteiger partial charge in [-0.15, -0.1) is 0 Å². The molecule has 9 nitrogen and oxygen atoms in total. The Morgan fingerprint density at radius 1 is 0.979 bits per heavy atom. The van der Waals surface area contributed by atoms with Gasteiger partial charge in [-0.25, -0.2) is 13.1 Å². The summed E-state index contributed by atoms with van der Waals surface area (Å²) in [5.74, 6) is 1.21. The first-order chi connectivity index (χ1) is 23.2. The SMILES string of the molecule is CCCS(=O)(=O)NC(=O)c1ccc2c(c1)N1CC3(C(=O)N4CCNC5(CCCC5)C4)CC3c3cc(OC)ccc3C1C2C1CCCCC1. The Labute approximate surface area is 285 Å². The predicted octanol–water partition coefficient (Wildman–Crippen LogP) is 5.62. The first kappa shape index (κ1) is 32.1. The molecule has 258 valence electrons. The average molecular weight is 675 g/mol. The molecular formula is C38H50N4O5S. The molecule has 0 bridgehead atoms. The smallest absolute Gasteiger partial charge is 0.264 e. The van der Waals surface area contributed by atoms with Crippen molar-refractivity contribution in [3.63, 3.8) is 0 Å². The summed E-state index contributed by atoms with van der Waals surface area (Å²) in [4.78, 5) is 33.0. The molecule has 4 unspecified atom stereocenters. The van der Waals surface area contributed by atoms with E-state index in [1.165, 1.54) is 48.8 Å². The van der Waals surface area contributed by atoms with Crippen LogP contribution in [0.25, 0.3) is 0 Å². The quantitative estimate of drug-likeness (QED) is 0.393. The Morgan fingerprint density at radius 2 is 1.75 bits per heavy atom. The zero-order valence-electron chi connectivity index (χ0n) is 28.4. The lowest BCUT2D eigenvalue weighted by molar-refractivity contribution is -0.139. The lowest BCUT2D eigenvalue weighted by atomic mass is 9.72. The number of hydrogen-bond donors (Lipinski definition) is 2. The molecule has 8 rings (SSSR count). The Kier molecular flexibility index (Phi) is 8.06. The number of amides is 2. The Balaban J connectivity index is 1.23. The van der Waals surface area contributed by atoms with E-state index in [2.05, 4.69) is 44.1 Å². The molecule has 3 aliphatic heterocycles. The van der Waals surface area contributed by atoms with Crippen molar-refractivity contribution in [2.75, 3.05) is 43.9 Å². The molecule has 6 aliphatic rings. The highest BCUT2D eigenvalue weighted by molar-refractivity contribution is 7.90. The van der Waals surface area contributed by atoms with Crippen molar-refractivity contribution in [2.45, 2.75) is 101 Å². The lowest BCUT2D eigenvalue weighted by Crippen LogP contribution is -2.61. The van der Waals surface area contributed by atoms with Gasteiger partial charge in [0, 0.05) is 54.8 Å². The number of fused-ring (bicyclic) bond motifs is 7. The van der Waals surface area contributed by atoms with Gasteiger partial charge in [0.2, 0.25) is 15.9 Å². The highest BCUT2D eigenvalue weighted by Crippen LogP contribution is 2.68. The molecule has 4 fully saturated rings. The van der Waals surface area contributed by atoms with Crippen LogP contribution in [0.1, 0.15) is 122 Å². The van der Waals surface area contributed by atoms with Gasteiger partial charge in [0.15, 0.2) is 0 Å². The highest BCUT2D eigenvalue weighted by Gasteiger charge is 2.66. The zero-order valence-corrected chi connectivity index (χ0v) is 29.2. The molecule has 3 heterocycles. The molecule has 3 aliphatic carbocycles. The van der Waals surface area contributed by atoms with Crippen molar-refractivity contribution in [2.24, 2.45) is 11.3 Å². The van der Waals surface area contributed by atoms with E-state index in [-0.39, 0.29) is 35.1 Å². The van der Waals surface area contributed by atoms with Crippen LogP contribution in [0, 0.1) is 11.3 Å². The van der Waals surface area contributed by atoms with Crippen LogP contribution in [-0.2, 0) is 14.8 Å². The number of carbonyl (C=O) groups excluding carboxylic acids is 2. The molecule has 48 heavy (non-hydrogen) atoms. The number of nitrogens with one attached hydrogen (secondary N) is 2. The summed E-state index contributed by atoms with van der Waals surface area (Å²) in [6.07, 6.45) is 11.9. The third-order valence-corrected chi connectivity index (χ3v) is 14.1. The second-order valence-corrected chi connectivity index (χ2v) is 17.4. The van der Waals surface area contributed by atoms with E-state index in [0.717, 1.165) is 63.2 Å². The van der Waals surface area contributed by atoms with Gasteiger partial charge in [0.25, 0.3) is 5.91 Å². The van der Waals surface area contributed by atoms with Crippen LogP contribution in [0.5, 0.6) is 5.75 Å². The van der Waals surface area contributed by atoms with Crippen LogP contribution in [0.15, 0.2) is 36.4 Å². The molecule has 2 aromatic rings. The summed E-state index contributed by atoms with van der Waals surface area (Å²) in [5, 5.41) is 3.78. The highest BCUT2D eigenvalue weighted by atomic mass is 32.2. The number of piperazine rings is 1. The second-order valence-electron chi connectivity index (χ2n) is 15.6. The molecule has 0 radical (unpaired) electrons. The fraction of sp³-hybridized carbons (Fsp3) is 0.632. The van der Waals surface area contributed by atoms with E-state index in [4.69, 9.17) is 4.74 Å². The number of nitrogens with zero attached hydrogens (tertiary/aromatic N) is 2. The van der Waals surface area contributed by atoms with E-state index in [1.807, 2.05) is 6.07 Å². The maximum Gasteiger partial charge on any atom is 0.264 e. The fourth-order valence-electron chi connectivity index (χ4n) is 10.4. The topological polar surface area (TPSA) is 108 Å². The zero-order chi connectivity index (χ0) is 33.3. The number of hydrogen-bond acceptors (Lipinski definition) is 7. The number of anilines is 1. The third-order valence-electron chi connectivity index (χ3n) is 12.7. The van der Waals surface area contributed by atoms with E-state index in [0.29, 0.717) is 24.4 Å². The van der Waals surface area contributed by atoms with Crippen molar-refractivity contribution in [3.05, 3.63) is 58.7 Å². The molecule has 4 atom stereocenters. The Hall–Kier alpha value is -3.11. The first-order valence-electron chi connectivity index (χ1n) is 18.4. The third kappa shape index (κ3) is 5.32. The van der Waals surface area contributed by atoms with Gasteiger partial charge < -0.3 is 19.9 Å². The van der Waals surface area contributed by atoms with Gasteiger partial charge in [0.1, 0.15) is 5.75 Å². The van der Waals surface area contributed by atoms with Crippen molar-refractivity contribution in [1.82, 2.24) is 14.9 Å². The van der Waals surface area contributed by atoms with E-state index in [9.17, 15) is 18.0 Å². The van der Waals surface area contributed by atoms with E-state index >= 15 is 0 Å². The number of carbonyl (C=O) groups is 2. The normalized spacial score (nSPS) is 29.0. The van der Waals surface area contributed by atoms with Gasteiger partial charge >= 0.3 is 0 Å². The number of ether oxygens (including phenoxy) is 1. The first-order valence-corrected chi connectivity index (χ1v) is 20.0. The molecule has 2 aromatic carbocycles. The summed E-state index contributed by atoms with van der Waals surface area (Å²) in [7, 11) is -2.01. The molecule has 2 amide bonds. The van der Waals surface area contributed by atoms with Crippen LogP contribution in [0.2, 0.25) is 0 Å². The number of benzene rings is 2. The number of sulfonamides is 1. The summed E-state index contributed by atoms with van der Waals surface area (Å²) in [6, 6.07) is 12.3. The minimum absolute atomic E-state index is 0.0350. The van der Waals surface area contributed by atoms with E-state index < -0.39 is 21.3 Å². The van der Waals surface area contributed by atoms with Gasteiger partial charge in [0.05, 0.1) is 24.3 Å². The molecule has 10 heteroatoms. The van der Waals surface area contributed by atoms with Crippen molar-refractivity contribution < 1.29 is 22.7 Å². The van der Waals surface area contributed by atoms with Gasteiger partial charge in [-0.2, -0.15) is 0 Å². The van der Waals surface area contributed by atoms with Gasteiger partial charge in [-0.3, -0.25) is 9.59 Å². The summed E-state index contributed by atoms with van der Waals surface area (Å²) in [6.45, 7) is 4.70. The monoisotopic (exact) mass is 674 g/mol. The van der Waals surface area contributed by atoms with Crippen molar-refractivity contribution in [3.8, 4) is 5.75 Å². The lowest BCUT2D eigenvalue weighted by Gasteiger charge is -2.43. The molecule has 3 saturated carbocycles. The van der Waals surface area contributed by atoms with E-state index in [1.54, 1.807) is 20.1 Å².